The Hall–Kier alpha value is -1.50. The summed E-state index contributed by atoms with van der Waals surface area (Å²) in [7, 11) is 0. The van der Waals surface area contributed by atoms with E-state index < -0.39 is 0 Å². The van der Waals surface area contributed by atoms with Crippen LogP contribution in [-0.2, 0) is 0 Å². The molecule has 1 aliphatic heterocycles. The van der Waals surface area contributed by atoms with Crippen molar-refractivity contribution in [3.63, 3.8) is 0 Å². The highest BCUT2D eigenvalue weighted by atomic mass is 35.5. The van der Waals surface area contributed by atoms with Gasteiger partial charge < -0.3 is 15.5 Å². The number of fused-ring (bicyclic) bond motifs is 1. The summed E-state index contributed by atoms with van der Waals surface area (Å²) in [5.74, 6) is 0.864. The maximum atomic E-state index is 6.19. The molecule has 24 heavy (non-hydrogen) atoms. The smallest absolute Gasteiger partial charge is 0.159 e. The highest BCUT2D eigenvalue weighted by Crippen LogP contribution is 2.46. The molecule has 1 saturated heterocycles. The van der Waals surface area contributed by atoms with Crippen LogP contribution < -0.4 is 10.6 Å². The number of aryl methyl sites for hydroxylation is 1. The van der Waals surface area contributed by atoms with Crippen molar-refractivity contribution in [2.45, 2.75) is 19.8 Å². The molecule has 2 aromatic heterocycles. The van der Waals surface area contributed by atoms with Crippen molar-refractivity contribution in [1.29, 1.82) is 0 Å². The number of nitrogens with zero attached hydrogens (tertiary/aromatic N) is 4. The molecule has 0 aromatic carbocycles. The number of halogens is 1. The molecule has 2 aromatic rings. The number of hydrogen-bond acceptors (Lipinski definition) is 6. The lowest BCUT2D eigenvalue weighted by atomic mass is 10.1. The van der Waals surface area contributed by atoms with E-state index >= 15 is 0 Å². The molecule has 2 aliphatic rings. The molecule has 0 bridgehead atoms. The zero-order valence-corrected chi connectivity index (χ0v) is 14.7. The lowest BCUT2D eigenvalue weighted by molar-refractivity contribution is 0.200. The first-order chi connectivity index (χ1) is 11.7. The fourth-order valence-electron chi connectivity index (χ4n) is 3.43. The topological polar surface area (TPSA) is 66.0 Å². The van der Waals surface area contributed by atoms with Crippen LogP contribution in [0.2, 0.25) is 5.15 Å². The molecule has 2 fully saturated rings. The van der Waals surface area contributed by atoms with Gasteiger partial charge in [-0.15, -0.1) is 5.10 Å². The van der Waals surface area contributed by atoms with Crippen molar-refractivity contribution in [1.82, 2.24) is 25.4 Å². The summed E-state index contributed by atoms with van der Waals surface area (Å²) in [6.45, 7) is 8.59. The Kier molecular flexibility index (Phi) is 4.28. The van der Waals surface area contributed by atoms with E-state index in [4.69, 9.17) is 11.6 Å². The Morgan fingerprint density at radius 1 is 1.25 bits per heavy atom. The Morgan fingerprint density at radius 3 is 2.79 bits per heavy atom. The second kappa shape index (κ2) is 6.43. The molecule has 0 amide bonds. The van der Waals surface area contributed by atoms with Crippen molar-refractivity contribution < 1.29 is 0 Å². The van der Waals surface area contributed by atoms with E-state index in [9.17, 15) is 0 Å². The van der Waals surface area contributed by atoms with Crippen LogP contribution in [0.4, 0.5) is 5.82 Å². The van der Waals surface area contributed by atoms with Crippen LogP contribution in [0.3, 0.4) is 0 Å². The molecular formula is C17H23ClN6. The van der Waals surface area contributed by atoms with Gasteiger partial charge in [-0.2, -0.15) is 5.10 Å². The molecule has 6 nitrogen and oxygen atoms in total. The Bertz CT molecular complexity index is 739. The van der Waals surface area contributed by atoms with Crippen LogP contribution in [0.25, 0.3) is 10.8 Å². The van der Waals surface area contributed by atoms with E-state index in [2.05, 4.69) is 30.7 Å². The average molecular weight is 347 g/mol. The summed E-state index contributed by atoms with van der Waals surface area (Å²) in [5.41, 5.74) is 1.26. The second-order valence-electron chi connectivity index (χ2n) is 7.07. The minimum Gasteiger partial charge on any atom is -0.369 e. The number of aromatic nitrogens is 3. The Labute approximate surface area is 147 Å². The maximum Gasteiger partial charge on any atom is 0.159 e. The van der Waals surface area contributed by atoms with Crippen LogP contribution in [0.15, 0.2) is 12.3 Å². The molecule has 1 aliphatic carbocycles. The SMILES string of the molecule is Cc1nnc(Cl)c2cc(NCC3(CN4CCNCC4)CC3)ncc12. The van der Waals surface area contributed by atoms with Gasteiger partial charge >= 0.3 is 0 Å². The van der Waals surface area contributed by atoms with E-state index in [0.717, 1.165) is 55.0 Å². The fraction of sp³-hybridized carbons (Fsp3) is 0.588. The number of nitrogens with one attached hydrogen (secondary N) is 2. The van der Waals surface area contributed by atoms with Crippen molar-refractivity contribution in [2.24, 2.45) is 5.41 Å². The summed E-state index contributed by atoms with van der Waals surface area (Å²) in [6, 6.07) is 1.99. The number of hydrogen-bond donors (Lipinski definition) is 2. The first-order valence-electron chi connectivity index (χ1n) is 8.61. The molecule has 128 valence electrons. The van der Waals surface area contributed by atoms with Gasteiger partial charge in [0.25, 0.3) is 0 Å². The van der Waals surface area contributed by atoms with Gasteiger partial charge in [-0.25, -0.2) is 4.98 Å². The minimum atomic E-state index is 0.407. The van der Waals surface area contributed by atoms with Gasteiger partial charge in [-0.1, -0.05) is 11.6 Å². The summed E-state index contributed by atoms with van der Waals surface area (Å²) in [6.07, 6.45) is 4.43. The predicted molar refractivity (Wildman–Crippen MR) is 96.5 cm³/mol. The lowest BCUT2D eigenvalue weighted by Gasteiger charge is -2.31. The first-order valence-corrected chi connectivity index (χ1v) is 8.99. The predicted octanol–water partition coefficient (Wildman–Crippen LogP) is 2.08. The number of rotatable bonds is 5. The minimum absolute atomic E-state index is 0.407. The molecule has 0 spiro atoms. The molecule has 1 saturated carbocycles. The third kappa shape index (κ3) is 3.31. The van der Waals surface area contributed by atoms with Gasteiger partial charge in [-0.3, -0.25) is 0 Å². The maximum absolute atomic E-state index is 6.19. The zero-order valence-electron chi connectivity index (χ0n) is 14.0. The highest BCUT2D eigenvalue weighted by Gasteiger charge is 2.43. The van der Waals surface area contributed by atoms with E-state index in [1.165, 1.54) is 19.4 Å². The van der Waals surface area contributed by atoms with Gasteiger partial charge in [0, 0.05) is 61.7 Å². The molecular weight excluding hydrogens is 324 g/mol. The van der Waals surface area contributed by atoms with Gasteiger partial charge in [0.15, 0.2) is 5.15 Å². The lowest BCUT2D eigenvalue weighted by Crippen LogP contribution is -2.46. The molecule has 0 radical (unpaired) electrons. The van der Waals surface area contributed by atoms with Crippen LogP contribution in [0.1, 0.15) is 18.5 Å². The molecule has 3 heterocycles. The standard InChI is InChI=1S/C17H23ClN6/c1-12-14-9-20-15(8-13(14)16(18)23-22-12)21-10-17(2-3-17)11-24-6-4-19-5-7-24/h8-9,19H,2-7,10-11H2,1H3,(H,20,21). The zero-order chi connectivity index (χ0) is 16.6. The summed E-state index contributed by atoms with van der Waals surface area (Å²) in [5, 5.41) is 17.3. The van der Waals surface area contributed by atoms with Crippen LogP contribution in [-0.4, -0.2) is 59.3 Å². The third-order valence-electron chi connectivity index (χ3n) is 5.17. The van der Waals surface area contributed by atoms with Crippen molar-refractivity contribution in [3.8, 4) is 0 Å². The number of anilines is 1. The number of pyridine rings is 1. The third-order valence-corrected chi connectivity index (χ3v) is 5.45. The van der Waals surface area contributed by atoms with Gasteiger partial charge in [0.05, 0.1) is 5.69 Å². The van der Waals surface area contributed by atoms with E-state index in [0.29, 0.717) is 10.6 Å². The van der Waals surface area contributed by atoms with Crippen LogP contribution >= 0.6 is 11.6 Å². The Morgan fingerprint density at radius 2 is 2.04 bits per heavy atom. The van der Waals surface area contributed by atoms with Crippen molar-refractivity contribution in [2.75, 3.05) is 44.6 Å². The van der Waals surface area contributed by atoms with E-state index in [-0.39, 0.29) is 0 Å². The summed E-state index contributed by atoms with van der Waals surface area (Å²) >= 11 is 6.19. The molecule has 0 unspecified atom stereocenters. The highest BCUT2D eigenvalue weighted by molar-refractivity contribution is 6.34. The monoisotopic (exact) mass is 346 g/mol. The van der Waals surface area contributed by atoms with E-state index in [1.54, 1.807) is 0 Å². The summed E-state index contributed by atoms with van der Waals surface area (Å²) in [4.78, 5) is 7.10. The second-order valence-corrected chi connectivity index (χ2v) is 7.43. The average Bonchev–Trinajstić information content (AvgIpc) is 3.37. The van der Waals surface area contributed by atoms with Crippen molar-refractivity contribution in [3.05, 3.63) is 23.1 Å². The van der Waals surface area contributed by atoms with Crippen LogP contribution in [0, 0.1) is 12.3 Å². The molecule has 4 rings (SSSR count). The van der Waals surface area contributed by atoms with Crippen LogP contribution in [0.5, 0.6) is 0 Å². The Balaban J connectivity index is 1.44. The molecule has 0 atom stereocenters. The summed E-state index contributed by atoms with van der Waals surface area (Å²) < 4.78 is 0. The normalized spacial score (nSPS) is 20.2. The van der Waals surface area contributed by atoms with Crippen molar-refractivity contribution >= 4 is 28.2 Å². The number of piperazine rings is 1. The van der Waals surface area contributed by atoms with Gasteiger partial charge in [0.2, 0.25) is 0 Å². The van der Waals surface area contributed by atoms with Gasteiger partial charge in [-0.05, 0) is 25.8 Å². The fourth-order valence-corrected chi connectivity index (χ4v) is 3.62. The molecule has 2 N–H and O–H groups in total. The van der Waals surface area contributed by atoms with Gasteiger partial charge in [0.1, 0.15) is 5.82 Å². The first kappa shape index (κ1) is 16.0. The quantitative estimate of drug-likeness (QED) is 0.864. The van der Waals surface area contributed by atoms with E-state index in [1.807, 2.05) is 19.2 Å². The molecule has 7 heteroatoms. The largest absolute Gasteiger partial charge is 0.369 e.